The molecule has 0 bridgehead atoms. The van der Waals surface area contributed by atoms with Gasteiger partial charge in [0.25, 0.3) is 22.8 Å². The summed E-state index contributed by atoms with van der Waals surface area (Å²) in [7, 11) is -9.72. The van der Waals surface area contributed by atoms with Crippen molar-refractivity contribution in [3.8, 4) is 0 Å². The molecule has 0 aromatic carbocycles. The van der Waals surface area contributed by atoms with Crippen LogP contribution in [0.3, 0.4) is 0 Å². The molecule has 0 aliphatic carbocycles. The van der Waals surface area contributed by atoms with E-state index in [0.29, 0.717) is 0 Å². The molecular formula is C6H24N9O3P3. The first-order valence-corrected chi connectivity index (χ1v) is 11.6. The van der Waals surface area contributed by atoms with Crippen LogP contribution in [0.25, 0.3) is 0 Å². The zero-order chi connectivity index (χ0) is 16.0. The Bertz CT molecular complexity index is 377. The molecule has 12 nitrogen and oxygen atoms in total. The van der Waals surface area contributed by atoms with Crippen LogP contribution in [0.15, 0.2) is 0 Å². The van der Waals surface area contributed by atoms with Crippen LogP contribution in [0.1, 0.15) is 0 Å². The molecule has 1 saturated heterocycles. The van der Waals surface area contributed by atoms with Crippen molar-refractivity contribution in [2.24, 2.45) is 16.5 Å². The quantitative estimate of drug-likeness (QED) is 0.209. The second-order valence-corrected chi connectivity index (χ2v) is 10.3. The average Bonchev–Trinajstić information content (AvgIpc) is 2.36. The standard InChI is InChI=1S/C6H24N9O3P3/c7-19(16)10-1-2-11-20(8,17)13-5-6-15-21(9,18)14-4-3-12-19/h1-6H2,(H4,7,10,12,16)(H4,8,11,13,17)(H4,9,14,15,18). The van der Waals surface area contributed by atoms with Crippen molar-refractivity contribution in [3.63, 3.8) is 0 Å². The Morgan fingerprint density at radius 3 is 0.762 bits per heavy atom. The maximum atomic E-state index is 11.9. The number of nitrogens with two attached hydrogens (primary N) is 3. The first-order valence-electron chi connectivity index (χ1n) is 6.29. The smallest absolute Gasteiger partial charge is 0.271 e. The molecule has 0 aromatic rings. The van der Waals surface area contributed by atoms with Crippen molar-refractivity contribution in [1.29, 1.82) is 0 Å². The molecule has 126 valence electrons. The SMILES string of the molecule is NP1(=O)NCCNP(N)(=O)NCCNP(N)(=O)NCCN1. The van der Waals surface area contributed by atoms with Crippen LogP contribution in [0.5, 0.6) is 0 Å². The van der Waals surface area contributed by atoms with Crippen LogP contribution in [0, 0.1) is 0 Å². The second-order valence-electron chi connectivity index (χ2n) is 4.42. The topological polar surface area (TPSA) is 201 Å². The highest BCUT2D eigenvalue weighted by Crippen LogP contribution is 2.27. The molecule has 1 aliphatic rings. The van der Waals surface area contributed by atoms with Crippen molar-refractivity contribution in [2.45, 2.75) is 0 Å². The van der Waals surface area contributed by atoms with Gasteiger partial charge in [-0.1, -0.05) is 0 Å². The van der Waals surface area contributed by atoms with Crippen molar-refractivity contribution < 1.29 is 13.7 Å². The molecule has 0 saturated carbocycles. The van der Waals surface area contributed by atoms with Gasteiger partial charge in [0.05, 0.1) is 0 Å². The molecule has 12 N–H and O–H groups in total. The van der Waals surface area contributed by atoms with E-state index in [2.05, 4.69) is 30.5 Å². The molecule has 0 spiro atoms. The van der Waals surface area contributed by atoms with Gasteiger partial charge in [0.2, 0.25) is 0 Å². The lowest BCUT2D eigenvalue weighted by atomic mass is 10.7. The molecule has 1 fully saturated rings. The van der Waals surface area contributed by atoms with Gasteiger partial charge < -0.3 is 0 Å². The number of nitrogens with one attached hydrogen (secondary N) is 6. The van der Waals surface area contributed by atoms with Gasteiger partial charge in [0, 0.05) is 39.3 Å². The molecule has 15 heteroatoms. The van der Waals surface area contributed by atoms with Crippen molar-refractivity contribution >= 4 is 22.8 Å². The fraction of sp³-hybridized carbons (Fsp3) is 1.00. The predicted molar refractivity (Wildman–Crippen MR) is 83.4 cm³/mol. The van der Waals surface area contributed by atoms with Gasteiger partial charge in [-0.25, -0.2) is 30.5 Å². The molecule has 1 aliphatic heterocycles. The minimum atomic E-state index is -3.24. The van der Waals surface area contributed by atoms with E-state index in [9.17, 15) is 13.7 Å². The van der Waals surface area contributed by atoms with Crippen LogP contribution in [-0.4, -0.2) is 39.3 Å². The van der Waals surface area contributed by atoms with E-state index in [0.717, 1.165) is 0 Å². The van der Waals surface area contributed by atoms with E-state index < -0.39 is 22.8 Å². The minimum absolute atomic E-state index is 0.213. The highest BCUT2D eigenvalue weighted by atomic mass is 31.2. The molecule has 21 heavy (non-hydrogen) atoms. The summed E-state index contributed by atoms with van der Waals surface area (Å²) in [6.07, 6.45) is 0. The van der Waals surface area contributed by atoms with Gasteiger partial charge in [-0.05, 0) is 0 Å². The number of rotatable bonds is 0. The zero-order valence-electron chi connectivity index (χ0n) is 11.5. The normalized spacial score (nSPS) is 41.9. The highest BCUT2D eigenvalue weighted by Gasteiger charge is 2.19. The first kappa shape index (κ1) is 19.4. The molecule has 0 aromatic heterocycles. The second kappa shape index (κ2) is 8.26. The molecule has 0 atom stereocenters. The van der Waals surface area contributed by atoms with Gasteiger partial charge in [-0.2, -0.15) is 0 Å². The summed E-state index contributed by atoms with van der Waals surface area (Å²) >= 11 is 0. The van der Waals surface area contributed by atoms with Crippen LogP contribution in [0.2, 0.25) is 0 Å². The third-order valence-corrected chi connectivity index (χ3v) is 6.62. The molecule has 0 amide bonds. The summed E-state index contributed by atoms with van der Waals surface area (Å²) in [5.74, 6) is 0. The third-order valence-electron chi connectivity index (χ3n) is 2.46. The summed E-state index contributed by atoms with van der Waals surface area (Å²) in [4.78, 5) is 0. The number of hydrogen-bond acceptors (Lipinski definition) is 3. The Morgan fingerprint density at radius 2 is 0.619 bits per heavy atom. The molecule has 1 rings (SSSR count). The molecular weight excluding hydrogens is 339 g/mol. The first-order chi connectivity index (χ1) is 9.62. The maximum absolute atomic E-state index is 11.9. The zero-order valence-corrected chi connectivity index (χ0v) is 14.2. The lowest BCUT2D eigenvalue weighted by molar-refractivity contribution is 0.545. The third kappa shape index (κ3) is 9.14. The Kier molecular flexibility index (Phi) is 7.62. The Labute approximate surface area is 123 Å². The fourth-order valence-corrected chi connectivity index (χ4v) is 4.50. The van der Waals surface area contributed by atoms with Crippen LogP contribution < -0.4 is 47.0 Å². The van der Waals surface area contributed by atoms with Crippen LogP contribution >= 0.6 is 22.8 Å². The Hall–Kier alpha value is 0.330. The van der Waals surface area contributed by atoms with E-state index >= 15 is 0 Å². The summed E-state index contributed by atoms with van der Waals surface area (Å²) in [6.45, 7) is 1.28. The lowest BCUT2D eigenvalue weighted by Crippen LogP contribution is -2.36. The highest BCUT2D eigenvalue weighted by molar-refractivity contribution is 7.58. The largest absolute Gasteiger partial charge is 0.276 e. The van der Waals surface area contributed by atoms with E-state index in [4.69, 9.17) is 16.5 Å². The van der Waals surface area contributed by atoms with Crippen LogP contribution in [0.4, 0.5) is 0 Å². The molecule has 0 radical (unpaired) electrons. The van der Waals surface area contributed by atoms with E-state index in [1.165, 1.54) is 0 Å². The Balaban J connectivity index is 2.62. The molecule has 0 unspecified atom stereocenters. The van der Waals surface area contributed by atoms with Crippen molar-refractivity contribution in [2.75, 3.05) is 39.3 Å². The average molecular weight is 363 g/mol. The van der Waals surface area contributed by atoms with Gasteiger partial charge in [-0.3, -0.25) is 30.2 Å². The Morgan fingerprint density at radius 1 is 0.476 bits per heavy atom. The van der Waals surface area contributed by atoms with Gasteiger partial charge >= 0.3 is 0 Å². The van der Waals surface area contributed by atoms with Crippen molar-refractivity contribution in [1.82, 2.24) is 30.5 Å². The monoisotopic (exact) mass is 363 g/mol. The van der Waals surface area contributed by atoms with E-state index in [1.807, 2.05) is 0 Å². The van der Waals surface area contributed by atoms with E-state index in [1.54, 1.807) is 0 Å². The molecule has 1 heterocycles. The van der Waals surface area contributed by atoms with E-state index in [-0.39, 0.29) is 39.3 Å². The fourth-order valence-electron chi connectivity index (χ4n) is 1.50. The summed E-state index contributed by atoms with van der Waals surface area (Å²) in [5, 5.41) is 15.6. The van der Waals surface area contributed by atoms with Crippen molar-refractivity contribution in [3.05, 3.63) is 0 Å². The summed E-state index contributed by atoms with van der Waals surface area (Å²) in [6, 6.07) is 0. The number of hydrogen-bond donors (Lipinski definition) is 9. The van der Waals surface area contributed by atoms with Crippen LogP contribution in [-0.2, 0) is 13.7 Å². The van der Waals surface area contributed by atoms with Gasteiger partial charge in [0.1, 0.15) is 0 Å². The predicted octanol–water partition coefficient (Wildman–Crippen LogP) is -2.26. The summed E-state index contributed by atoms with van der Waals surface area (Å²) < 4.78 is 35.6. The maximum Gasteiger partial charge on any atom is 0.276 e. The van der Waals surface area contributed by atoms with Gasteiger partial charge in [-0.15, -0.1) is 0 Å². The minimum Gasteiger partial charge on any atom is -0.271 e. The van der Waals surface area contributed by atoms with Gasteiger partial charge in [0.15, 0.2) is 0 Å². The lowest BCUT2D eigenvalue weighted by Gasteiger charge is -2.18. The summed E-state index contributed by atoms with van der Waals surface area (Å²) in [5.41, 5.74) is 16.6.